The first-order valence-corrected chi connectivity index (χ1v) is 6.47. The number of ether oxygens (including phenoxy) is 1. The number of hydrogen-bond donors (Lipinski definition) is 2. The average Bonchev–Trinajstić information content (AvgIpc) is 2.29. The van der Waals surface area contributed by atoms with Crippen molar-refractivity contribution in [2.45, 2.75) is 38.8 Å². The Morgan fingerprint density at radius 1 is 1.53 bits per heavy atom. The number of unbranched alkanes of at least 4 members (excludes halogenated alkanes) is 1. The van der Waals surface area contributed by atoms with Gasteiger partial charge in [0.1, 0.15) is 6.04 Å². The number of hydrogen-bond acceptors (Lipinski definition) is 4. The Labute approximate surface area is 104 Å². The zero-order valence-electron chi connectivity index (χ0n) is 10.9. The SMILES string of the molecule is CC(C)NC(=O)C1COCCN1CCCCN. The minimum absolute atomic E-state index is 0.0763. The molecule has 100 valence electrons. The van der Waals surface area contributed by atoms with Crippen LogP contribution in [0.15, 0.2) is 0 Å². The Morgan fingerprint density at radius 3 is 2.94 bits per heavy atom. The maximum absolute atomic E-state index is 12.0. The second-order valence-electron chi connectivity index (χ2n) is 4.79. The van der Waals surface area contributed by atoms with E-state index in [1.165, 1.54) is 0 Å². The molecule has 17 heavy (non-hydrogen) atoms. The molecule has 1 aliphatic rings. The number of nitrogens with one attached hydrogen (secondary N) is 1. The number of rotatable bonds is 6. The molecule has 5 heteroatoms. The summed E-state index contributed by atoms with van der Waals surface area (Å²) in [5.74, 6) is 0.0763. The number of morpholine rings is 1. The summed E-state index contributed by atoms with van der Waals surface area (Å²) in [6.07, 6.45) is 2.05. The molecule has 1 amide bonds. The largest absolute Gasteiger partial charge is 0.378 e. The highest BCUT2D eigenvalue weighted by Gasteiger charge is 2.28. The van der Waals surface area contributed by atoms with Gasteiger partial charge in [0, 0.05) is 12.6 Å². The van der Waals surface area contributed by atoms with Crippen LogP contribution in [0.25, 0.3) is 0 Å². The van der Waals surface area contributed by atoms with Gasteiger partial charge in [-0.15, -0.1) is 0 Å². The van der Waals surface area contributed by atoms with Crippen LogP contribution in [0, 0.1) is 0 Å². The third-order valence-corrected chi connectivity index (χ3v) is 2.87. The molecule has 1 unspecified atom stereocenters. The van der Waals surface area contributed by atoms with E-state index in [-0.39, 0.29) is 18.0 Å². The average molecular weight is 243 g/mol. The van der Waals surface area contributed by atoms with Crippen molar-refractivity contribution in [3.8, 4) is 0 Å². The predicted octanol–water partition coefficient (Wildman–Crippen LogP) is -0.0493. The van der Waals surface area contributed by atoms with Crippen molar-refractivity contribution in [1.29, 1.82) is 0 Å². The molecule has 1 saturated heterocycles. The van der Waals surface area contributed by atoms with E-state index in [0.717, 1.165) is 25.9 Å². The van der Waals surface area contributed by atoms with Gasteiger partial charge in [-0.3, -0.25) is 9.69 Å². The molecule has 0 aromatic carbocycles. The van der Waals surface area contributed by atoms with Gasteiger partial charge >= 0.3 is 0 Å². The van der Waals surface area contributed by atoms with E-state index >= 15 is 0 Å². The number of nitrogens with zero attached hydrogens (tertiary/aromatic N) is 1. The standard InChI is InChI=1S/C12H25N3O2/c1-10(2)14-12(16)11-9-17-8-7-15(11)6-4-3-5-13/h10-11H,3-9,13H2,1-2H3,(H,14,16). The summed E-state index contributed by atoms with van der Waals surface area (Å²) in [5, 5.41) is 2.95. The molecule has 0 aromatic heterocycles. The summed E-state index contributed by atoms with van der Waals surface area (Å²) in [6.45, 7) is 7.64. The van der Waals surface area contributed by atoms with Crippen LogP contribution in [0.2, 0.25) is 0 Å². The lowest BCUT2D eigenvalue weighted by atomic mass is 10.1. The second-order valence-corrected chi connectivity index (χ2v) is 4.79. The molecular formula is C12H25N3O2. The van der Waals surface area contributed by atoms with Gasteiger partial charge in [0.05, 0.1) is 13.2 Å². The first-order chi connectivity index (χ1) is 8.15. The summed E-state index contributed by atoms with van der Waals surface area (Å²) in [5.41, 5.74) is 5.48. The van der Waals surface area contributed by atoms with Gasteiger partial charge in [0.2, 0.25) is 5.91 Å². The Morgan fingerprint density at radius 2 is 2.29 bits per heavy atom. The number of nitrogens with two attached hydrogens (primary N) is 1. The quantitative estimate of drug-likeness (QED) is 0.642. The molecule has 0 radical (unpaired) electrons. The fraction of sp³-hybridized carbons (Fsp3) is 0.917. The first-order valence-electron chi connectivity index (χ1n) is 6.47. The normalized spacial score (nSPS) is 21.8. The minimum atomic E-state index is -0.135. The Hall–Kier alpha value is -0.650. The third-order valence-electron chi connectivity index (χ3n) is 2.87. The van der Waals surface area contributed by atoms with E-state index in [2.05, 4.69) is 10.2 Å². The van der Waals surface area contributed by atoms with Crippen molar-refractivity contribution in [3.05, 3.63) is 0 Å². The van der Waals surface area contributed by atoms with Crippen molar-refractivity contribution in [2.75, 3.05) is 32.8 Å². The van der Waals surface area contributed by atoms with Crippen LogP contribution in [0.3, 0.4) is 0 Å². The summed E-state index contributed by atoms with van der Waals surface area (Å²) in [7, 11) is 0. The zero-order chi connectivity index (χ0) is 12.7. The van der Waals surface area contributed by atoms with Crippen LogP contribution in [0.1, 0.15) is 26.7 Å². The van der Waals surface area contributed by atoms with E-state index in [1.54, 1.807) is 0 Å². The van der Waals surface area contributed by atoms with Gasteiger partial charge in [0.15, 0.2) is 0 Å². The molecule has 1 fully saturated rings. The molecular weight excluding hydrogens is 218 g/mol. The van der Waals surface area contributed by atoms with Crippen LogP contribution in [-0.2, 0) is 9.53 Å². The lowest BCUT2D eigenvalue weighted by molar-refractivity contribution is -0.133. The Balaban J connectivity index is 2.44. The summed E-state index contributed by atoms with van der Waals surface area (Å²) in [4.78, 5) is 14.2. The molecule has 0 bridgehead atoms. The van der Waals surface area contributed by atoms with Gasteiger partial charge in [0.25, 0.3) is 0 Å². The van der Waals surface area contributed by atoms with Gasteiger partial charge in [-0.1, -0.05) is 0 Å². The molecule has 0 spiro atoms. The number of amides is 1. The molecule has 0 aromatic rings. The highest BCUT2D eigenvalue weighted by Crippen LogP contribution is 2.09. The number of carbonyl (C=O) groups excluding carboxylic acids is 1. The zero-order valence-corrected chi connectivity index (χ0v) is 10.9. The lowest BCUT2D eigenvalue weighted by Gasteiger charge is -2.34. The van der Waals surface area contributed by atoms with Crippen molar-refractivity contribution in [1.82, 2.24) is 10.2 Å². The van der Waals surface area contributed by atoms with E-state index in [0.29, 0.717) is 19.8 Å². The van der Waals surface area contributed by atoms with Crippen LogP contribution >= 0.6 is 0 Å². The highest BCUT2D eigenvalue weighted by molar-refractivity contribution is 5.82. The molecule has 1 heterocycles. The van der Waals surface area contributed by atoms with Crippen molar-refractivity contribution < 1.29 is 9.53 Å². The van der Waals surface area contributed by atoms with Gasteiger partial charge in [-0.05, 0) is 39.8 Å². The highest BCUT2D eigenvalue weighted by atomic mass is 16.5. The lowest BCUT2D eigenvalue weighted by Crippen LogP contribution is -2.55. The Bertz CT molecular complexity index is 234. The van der Waals surface area contributed by atoms with E-state index in [9.17, 15) is 4.79 Å². The number of carbonyl (C=O) groups is 1. The smallest absolute Gasteiger partial charge is 0.239 e. The van der Waals surface area contributed by atoms with Crippen molar-refractivity contribution in [3.63, 3.8) is 0 Å². The summed E-state index contributed by atoms with van der Waals surface area (Å²) in [6, 6.07) is 0.0410. The molecule has 1 atom stereocenters. The minimum Gasteiger partial charge on any atom is -0.378 e. The predicted molar refractivity (Wildman–Crippen MR) is 67.7 cm³/mol. The van der Waals surface area contributed by atoms with Gasteiger partial charge in [-0.25, -0.2) is 0 Å². The molecule has 1 rings (SSSR count). The first kappa shape index (κ1) is 14.4. The maximum Gasteiger partial charge on any atom is 0.239 e. The Kier molecular flexibility index (Phi) is 6.47. The van der Waals surface area contributed by atoms with Gasteiger partial charge in [-0.2, -0.15) is 0 Å². The van der Waals surface area contributed by atoms with E-state index in [4.69, 9.17) is 10.5 Å². The molecule has 0 aliphatic carbocycles. The van der Waals surface area contributed by atoms with Crippen LogP contribution in [-0.4, -0.2) is 55.7 Å². The maximum atomic E-state index is 12.0. The molecule has 0 saturated carbocycles. The fourth-order valence-electron chi connectivity index (χ4n) is 1.99. The van der Waals surface area contributed by atoms with Crippen molar-refractivity contribution >= 4 is 5.91 Å². The monoisotopic (exact) mass is 243 g/mol. The fourth-order valence-corrected chi connectivity index (χ4v) is 1.99. The van der Waals surface area contributed by atoms with Gasteiger partial charge < -0.3 is 15.8 Å². The van der Waals surface area contributed by atoms with E-state index < -0.39 is 0 Å². The third kappa shape index (κ3) is 5.02. The molecule has 3 N–H and O–H groups in total. The molecule has 1 aliphatic heterocycles. The van der Waals surface area contributed by atoms with Crippen LogP contribution in [0.4, 0.5) is 0 Å². The second kappa shape index (κ2) is 7.63. The summed E-state index contributed by atoms with van der Waals surface area (Å²) >= 11 is 0. The molecule has 5 nitrogen and oxygen atoms in total. The van der Waals surface area contributed by atoms with Crippen LogP contribution < -0.4 is 11.1 Å². The topological polar surface area (TPSA) is 67.6 Å². The van der Waals surface area contributed by atoms with Crippen molar-refractivity contribution in [2.24, 2.45) is 5.73 Å². The van der Waals surface area contributed by atoms with E-state index in [1.807, 2.05) is 13.8 Å². The van der Waals surface area contributed by atoms with Crippen LogP contribution in [0.5, 0.6) is 0 Å². The summed E-state index contributed by atoms with van der Waals surface area (Å²) < 4.78 is 5.39.